The number of benzene rings is 1. The molecule has 9 heteroatoms. The van der Waals surface area contributed by atoms with Gasteiger partial charge in [0, 0.05) is 17.8 Å². The Hall–Kier alpha value is -2.29. The zero-order valence-electron chi connectivity index (χ0n) is 15.3. The van der Waals surface area contributed by atoms with Gasteiger partial charge in [0.15, 0.2) is 5.82 Å². The highest BCUT2D eigenvalue weighted by atomic mass is 35.5. The van der Waals surface area contributed by atoms with Gasteiger partial charge < -0.3 is 5.32 Å². The third-order valence-electron chi connectivity index (χ3n) is 4.67. The largest absolute Gasteiger partial charge is 0.317 e. The van der Waals surface area contributed by atoms with Gasteiger partial charge in [-0.3, -0.25) is 10.1 Å². The lowest BCUT2D eigenvalue weighted by Crippen LogP contribution is -2.27. The van der Waals surface area contributed by atoms with E-state index in [9.17, 15) is 9.18 Å². The van der Waals surface area contributed by atoms with Gasteiger partial charge in [-0.15, -0.1) is 23.7 Å². The molecule has 0 radical (unpaired) electrons. The number of anilines is 1. The minimum Gasteiger partial charge on any atom is -0.317 e. The molecule has 2 aromatic heterocycles. The molecule has 0 bridgehead atoms. The number of aryl methyl sites for hydroxylation is 1. The number of thiophene rings is 1. The molecule has 0 spiro atoms. The Balaban J connectivity index is 0.00000225. The monoisotopic (exact) mass is 421 g/mol. The Labute approximate surface area is 172 Å². The molecule has 1 fully saturated rings. The first-order valence-corrected chi connectivity index (χ1v) is 9.70. The number of aromatic nitrogens is 3. The molecule has 0 unspecified atom stereocenters. The fraction of sp³-hybridized carbons (Fsp3) is 0.316. The molecular weight excluding hydrogens is 401 g/mol. The summed E-state index contributed by atoms with van der Waals surface area (Å²) >= 11 is 1.36. The Kier molecular flexibility index (Phi) is 6.43. The smallest absolute Gasteiger partial charge is 0.268 e. The molecule has 3 aromatic rings. The van der Waals surface area contributed by atoms with Crippen molar-refractivity contribution in [3.05, 3.63) is 52.9 Å². The maximum absolute atomic E-state index is 13.1. The van der Waals surface area contributed by atoms with Gasteiger partial charge in [0.05, 0.1) is 4.88 Å². The van der Waals surface area contributed by atoms with Crippen LogP contribution in [0, 0.1) is 5.82 Å². The average Bonchev–Trinajstić information content (AvgIpc) is 3.31. The van der Waals surface area contributed by atoms with Crippen LogP contribution in [-0.4, -0.2) is 33.8 Å². The molecule has 1 aliphatic rings. The summed E-state index contributed by atoms with van der Waals surface area (Å²) in [4.78, 5) is 18.6. The molecule has 0 aliphatic carbocycles. The highest BCUT2D eigenvalue weighted by Crippen LogP contribution is 2.29. The summed E-state index contributed by atoms with van der Waals surface area (Å²) < 4.78 is 14.7. The van der Waals surface area contributed by atoms with Crippen LogP contribution < -0.4 is 10.6 Å². The summed E-state index contributed by atoms with van der Waals surface area (Å²) in [5.41, 5.74) is 0.882. The lowest BCUT2D eigenvalue weighted by atomic mass is 9.98. The predicted molar refractivity (Wildman–Crippen MR) is 111 cm³/mol. The zero-order valence-corrected chi connectivity index (χ0v) is 16.9. The van der Waals surface area contributed by atoms with Crippen molar-refractivity contribution in [1.82, 2.24) is 20.1 Å². The average molecular weight is 422 g/mol. The molecule has 1 aliphatic heterocycles. The maximum atomic E-state index is 13.1. The van der Waals surface area contributed by atoms with Crippen LogP contribution in [0.25, 0.3) is 10.4 Å². The molecule has 6 nitrogen and oxygen atoms in total. The second kappa shape index (κ2) is 8.81. The number of rotatable bonds is 4. The molecule has 4 rings (SSSR count). The standard InChI is InChI=1S/C19H20FN5OS.ClH/c1-25-19(22-17(24-25)13-8-10-21-11-9-13)23-18(26)16-7-6-15(27-16)12-2-4-14(20)5-3-12;/h2-7,13,21H,8-11H2,1H3,(H,22,23,24,26);1H. The van der Waals surface area contributed by atoms with Crippen molar-refractivity contribution in [2.45, 2.75) is 18.8 Å². The van der Waals surface area contributed by atoms with Crippen molar-refractivity contribution in [3.63, 3.8) is 0 Å². The first-order chi connectivity index (χ1) is 13.1. The van der Waals surface area contributed by atoms with Crippen molar-refractivity contribution < 1.29 is 9.18 Å². The van der Waals surface area contributed by atoms with Gasteiger partial charge in [0.25, 0.3) is 5.91 Å². The molecule has 0 saturated carbocycles. The van der Waals surface area contributed by atoms with E-state index in [1.807, 2.05) is 6.07 Å². The Morgan fingerprint density at radius 3 is 2.64 bits per heavy atom. The molecule has 1 aromatic carbocycles. The van der Waals surface area contributed by atoms with Crippen LogP contribution in [0.4, 0.5) is 10.3 Å². The van der Waals surface area contributed by atoms with E-state index in [1.54, 1.807) is 29.9 Å². The maximum Gasteiger partial charge on any atom is 0.268 e. The van der Waals surface area contributed by atoms with E-state index in [-0.39, 0.29) is 24.1 Å². The fourth-order valence-electron chi connectivity index (χ4n) is 3.16. The van der Waals surface area contributed by atoms with E-state index < -0.39 is 0 Å². The van der Waals surface area contributed by atoms with E-state index in [2.05, 4.69) is 20.7 Å². The summed E-state index contributed by atoms with van der Waals surface area (Å²) in [6.45, 7) is 1.93. The van der Waals surface area contributed by atoms with Crippen LogP contribution in [-0.2, 0) is 7.05 Å². The number of halogens is 2. The van der Waals surface area contributed by atoms with Gasteiger partial charge in [0.1, 0.15) is 5.82 Å². The minimum atomic E-state index is -0.278. The Morgan fingerprint density at radius 2 is 1.93 bits per heavy atom. The van der Waals surface area contributed by atoms with Crippen molar-refractivity contribution >= 4 is 35.6 Å². The lowest BCUT2D eigenvalue weighted by Gasteiger charge is -2.19. The number of carbonyl (C=O) groups excluding carboxylic acids is 1. The second-order valence-corrected chi connectivity index (χ2v) is 7.65. The van der Waals surface area contributed by atoms with Gasteiger partial charge in [-0.2, -0.15) is 10.1 Å². The molecule has 0 atom stereocenters. The topological polar surface area (TPSA) is 71.8 Å². The van der Waals surface area contributed by atoms with Crippen molar-refractivity contribution in [1.29, 1.82) is 0 Å². The van der Waals surface area contributed by atoms with E-state index in [0.29, 0.717) is 16.7 Å². The number of carbonyl (C=O) groups is 1. The first kappa shape index (κ1) is 20.4. The number of hydrogen-bond acceptors (Lipinski definition) is 5. The third kappa shape index (κ3) is 4.40. The molecule has 1 amide bonds. The normalized spacial score (nSPS) is 14.5. The number of piperidine rings is 1. The molecular formula is C19H21ClFN5OS. The summed E-state index contributed by atoms with van der Waals surface area (Å²) in [5, 5.41) is 10.6. The second-order valence-electron chi connectivity index (χ2n) is 6.57. The number of nitrogens with one attached hydrogen (secondary N) is 2. The van der Waals surface area contributed by atoms with Crippen LogP contribution in [0.15, 0.2) is 36.4 Å². The molecule has 3 heterocycles. The van der Waals surface area contributed by atoms with Crippen molar-refractivity contribution in [2.75, 3.05) is 18.4 Å². The fourth-order valence-corrected chi connectivity index (χ4v) is 4.07. The molecule has 1 saturated heterocycles. The summed E-state index contributed by atoms with van der Waals surface area (Å²) in [5.74, 6) is 1.06. The first-order valence-electron chi connectivity index (χ1n) is 8.89. The summed E-state index contributed by atoms with van der Waals surface area (Å²) in [6, 6.07) is 9.87. The quantitative estimate of drug-likeness (QED) is 0.671. The van der Waals surface area contributed by atoms with Crippen LogP contribution in [0.5, 0.6) is 0 Å². The van der Waals surface area contributed by atoms with E-state index >= 15 is 0 Å². The van der Waals surface area contributed by atoms with Crippen molar-refractivity contribution in [2.24, 2.45) is 7.05 Å². The van der Waals surface area contributed by atoms with Crippen molar-refractivity contribution in [3.8, 4) is 10.4 Å². The number of nitrogens with zero attached hydrogens (tertiary/aromatic N) is 3. The van der Waals surface area contributed by atoms with Gasteiger partial charge >= 0.3 is 0 Å². The van der Waals surface area contributed by atoms with Crippen LogP contribution in [0.1, 0.15) is 34.3 Å². The third-order valence-corrected chi connectivity index (χ3v) is 5.80. The Bertz CT molecular complexity index is 950. The summed E-state index contributed by atoms with van der Waals surface area (Å²) in [6.07, 6.45) is 2.01. The van der Waals surface area contributed by atoms with Crippen LogP contribution in [0.2, 0.25) is 0 Å². The van der Waals surface area contributed by atoms with Gasteiger partial charge in [-0.05, 0) is 55.8 Å². The Morgan fingerprint density at radius 1 is 1.21 bits per heavy atom. The van der Waals surface area contributed by atoms with E-state index in [4.69, 9.17) is 0 Å². The predicted octanol–water partition coefficient (Wildman–Crippen LogP) is 3.82. The van der Waals surface area contributed by atoms with Crippen LogP contribution >= 0.6 is 23.7 Å². The highest BCUT2D eigenvalue weighted by molar-refractivity contribution is 7.17. The highest BCUT2D eigenvalue weighted by Gasteiger charge is 2.22. The molecule has 28 heavy (non-hydrogen) atoms. The molecule has 2 N–H and O–H groups in total. The number of hydrogen-bond donors (Lipinski definition) is 2. The molecule has 148 valence electrons. The van der Waals surface area contributed by atoms with Crippen LogP contribution in [0.3, 0.4) is 0 Å². The van der Waals surface area contributed by atoms with E-state index in [0.717, 1.165) is 42.2 Å². The van der Waals surface area contributed by atoms with E-state index in [1.165, 1.54) is 23.5 Å². The summed E-state index contributed by atoms with van der Waals surface area (Å²) in [7, 11) is 1.78. The number of amides is 1. The zero-order chi connectivity index (χ0) is 18.8. The lowest BCUT2D eigenvalue weighted by molar-refractivity contribution is 0.102. The minimum absolute atomic E-state index is 0. The van der Waals surface area contributed by atoms with Gasteiger partial charge in [-0.25, -0.2) is 9.07 Å². The van der Waals surface area contributed by atoms with Gasteiger partial charge in [-0.1, -0.05) is 12.1 Å². The van der Waals surface area contributed by atoms with Gasteiger partial charge in [0.2, 0.25) is 5.95 Å². The SMILES string of the molecule is Cl.Cn1nc(C2CCNCC2)nc1NC(=O)c1ccc(-c2ccc(F)cc2)s1.